The number of carboxylic acids is 1. The first-order valence-electron chi connectivity index (χ1n) is 3.97. The van der Waals surface area contributed by atoms with E-state index >= 15 is 0 Å². The van der Waals surface area contributed by atoms with Crippen LogP contribution in [0.25, 0.3) is 0 Å². The van der Waals surface area contributed by atoms with Crippen molar-refractivity contribution in [3.8, 4) is 0 Å². The normalized spacial score (nSPS) is 11.3. The third-order valence-corrected chi connectivity index (χ3v) is 1.96. The second-order valence-electron chi connectivity index (χ2n) is 2.89. The average Bonchev–Trinajstić information content (AvgIpc) is 2.16. The minimum atomic E-state index is -1.20. The Morgan fingerprint density at radius 2 is 1.80 bits per heavy atom. The van der Waals surface area contributed by atoms with E-state index in [1.807, 2.05) is 0 Å². The molecule has 0 radical (unpaired) electrons. The van der Waals surface area contributed by atoms with Gasteiger partial charge in [-0.15, -0.1) is 0 Å². The van der Waals surface area contributed by atoms with Gasteiger partial charge in [0.05, 0.1) is 4.92 Å². The first kappa shape index (κ1) is 14.1. The van der Waals surface area contributed by atoms with Crippen molar-refractivity contribution >= 4 is 11.7 Å². The fraction of sp³-hybridized carbons (Fsp3) is 0.222. The van der Waals surface area contributed by atoms with Gasteiger partial charge < -0.3 is 9.90 Å². The smallest absolute Gasteiger partial charge is 0.550 e. The van der Waals surface area contributed by atoms with E-state index in [9.17, 15) is 20.0 Å². The molecule has 5 nitrogen and oxygen atoms in total. The maximum atomic E-state index is 10.5. The molecule has 0 N–H and O–H groups in total. The van der Waals surface area contributed by atoms with Gasteiger partial charge in [0.25, 0.3) is 5.69 Å². The summed E-state index contributed by atoms with van der Waals surface area (Å²) in [5.41, 5.74) is 0.440. The molecule has 1 atom stereocenters. The number of nitro benzene ring substituents is 1. The van der Waals surface area contributed by atoms with Gasteiger partial charge in [-0.3, -0.25) is 10.1 Å². The molecule has 0 saturated carbocycles. The number of nitro groups is 1. The molecule has 0 aliphatic carbocycles. The van der Waals surface area contributed by atoms with Gasteiger partial charge in [0, 0.05) is 24.0 Å². The van der Waals surface area contributed by atoms with Gasteiger partial charge in [0.2, 0.25) is 0 Å². The van der Waals surface area contributed by atoms with Gasteiger partial charge in [-0.1, -0.05) is 19.1 Å². The number of hydrogen-bond acceptors (Lipinski definition) is 4. The molecule has 0 spiro atoms. The molecule has 1 aromatic carbocycles. The molecule has 15 heavy (non-hydrogen) atoms. The van der Waals surface area contributed by atoms with E-state index in [0.29, 0.717) is 5.56 Å². The van der Waals surface area contributed by atoms with Crippen LogP contribution in [0.15, 0.2) is 24.3 Å². The van der Waals surface area contributed by atoms with Gasteiger partial charge in [-0.05, 0) is 5.56 Å². The summed E-state index contributed by atoms with van der Waals surface area (Å²) in [6, 6.07) is 5.38. The minimum absolute atomic E-state index is 0. The molecule has 6 heteroatoms. The molecule has 0 amide bonds. The van der Waals surface area contributed by atoms with Crippen LogP contribution in [0.3, 0.4) is 0 Å². The summed E-state index contributed by atoms with van der Waals surface area (Å²) in [7, 11) is 0. The summed E-state index contributed by atoms with van der Waals surface area (Å²) < 4.78 is 0. The summed E-state index contributed by atoms with van der Waals surface area (Å²) >= 11 is 0. The van der Waals surface area contributed by atoms with Crippen LogP contribution < -0.4 is 34.7 Å². The van der Waals surface area contributed by atoms with Crippen molar-refractivity contribution in [3.05, 3.63) is 39.9 Å². The number of rotatable bonds is 3. The Balaban J connectivity index is 0.00000196. The second-order valence-corrected chi connectivity index (χ2v) is 2.89. The number of benzene rings is 1. The van der Waals surface area contributed by atoms with Crippen molar-refractivity contribution in [1.29, 1.82) is 0 Å². The van der Waals surface area contributed by atoms with Gasteiger partial charge in [-0.25, -0.2) is 0 Å². The van der Waals surface area contributed by atoms with Gasteiger partial charge in [0.1, 0.15) is 0 Å². The Morgan fingerprint density at radius 1 is 1.33 bits per heavy atom. The van der Waals surface area contributed by atoms with Crippen LogP contribution in [0.4, 0.5) is 5.69 Å². The van der Waals surface area contributed by atoms with E-state index in [4.69, 9.17) is 0 Å². The van der Waals surface area contributed by atoms with E-state index < -0.39 is 16.8 Å². The second kappa shape index (κ2) is 5.85. The monoisotopic (exact) mass is 217 g/mol. The Bertz CT molecular complexity index is 363. The zero-order chi connectivity index (χ0) is 10.7. The first-order chi connectivity index (χ1) is 6.52. The predicted molar refractivity (Wildman–Crippen MR) is 46.5 cm³/mol. The van der Waals surface area contributed by atoms with Gasteiger partial charge >= 0.3 is 29.6 Å². The van der Waals surface area contributed by atoms with Gasteiger partial charge in [0.15, 0.2) is 0 Å². The zero-order valence-corrected chi connectivity index (χ0v) is 10.5. The molecule has 74 valence electrons. The van der Waals surface area contributed by atoms with Crippen LogP contribution in [-0.2, 0) is 4.79 Å². The third-order valence-electron chi connectivity index (χ3n) is 1.96. The van der Waals surface area contributed by atoms with Crippen molar-refractivity contribution in [3.63, 3.8) is 0 Å². The Labute approximate surface area is 109 Å². The van der Waals surface area contributed by atoms with E-state index in [0.717, 1.165) is 0 Å². The number of carbonyl (C=O) groups is 1. The van der Waals surface area contributed by atoms with Crippen LogP contribution in [0.1, 0.15) is 18.4 Å². The summed E-state index contributed by atoms with van der Waals surface area (Å²) in [6.07, 6.45) is 0. The topological polar surface area (TPSA) is 83.3 Å². The SMILES string of the molecule is C[C@H](C(=O)[O-])c1ccc([N+](=O)[O-])cc1.[Na+]. The summed E-state index contributed by atoms with van der Waals surface area (Å²) in [5.74, 6) is -1.95. The van der Waals surface area contributed by atoms with Crippen molar-refractivity contribution in [1.82, 2.24) is 0 Å². The fourth-order valence-electron chi connectivity index (χ4n) is 1.02. The number of carboxylic acid groups (broad SMARTS) is 1. The van der Waals surface area contributed by atoms with Crippen LogP contribution in [-0.4, -0.2) is 10.9 Å². The van der Waals surface area contributed by atoms with E-state index in [-0.39, 0.29) is 35.2 Å². The van der Waals surface area contributed by atoms with Crippen LogP contribution in [0.2, 0.25) is 0 Å². The molecule has 0 heterocycles. The van der Waals surface area contributed by atoms with Crippen LogP contribution >= 0.6 is 0 Å². The minimum Gasteiger partial charge on any atom is -0.550 e. The maximum absolute atomic E-state index is 10.5. The third kappa shape index (κ3) is 3.62. The van der Waals surface area contributed by atoms with E-state index in [1.54, 1.807) is 0 Å². The molecule has 0 aliphatic rings. The van der Waals surface area contributed by atoms with Crippen LogP contribution in [0, 0.1) is 10.1 Å². The number of hydrogen-bond donors (Lipinski definition) is 0. The Hall–Kier alpha value is -0.910. The largest absolute Gasteiger partial charge is 1.00 e. The molecule has 0 saturated heterocycles. The van der Waals surface area contributed by atoms with E-state index in [1.165, 1.54) is 31.2 Å². The quantitative estimate of drug-likeness (QED) is 0.317. The average molecular weight is 217 g/mol. The molecular weight excluding hydrogens is 209 g/mol. The summed E-state index contributed by atoms with van der Waals surface area (Å²) in [6.45, 7) is 1.47. The Morgan fingerprint density at radius 3 is 2.13 bits per heavy atom. The Kier molecular flexibility index (Phi) is 5.49. The molecule has 0 unspecified atom stereocenters. The number of non-ortho nitro benzene ring substituents is 1. The molecule has 0 aromatic heterocycles. The van der Waals surface area contributed by atoms with Crippen molar-refractivity contribution < 1.29 is 44.4 Å². The van der Waals surface area contributed by atoms with Gasteiger partial charge in [-0.2, -0.15) is 0 Å². The van der Waals surface area contributed by atoms with Crippen molar-refractivity contribution in [2.45, 2.75) is 12.8 Å². The summed E-state index contributed by atoms with van der Waals surface area (Å²) in [5, 5.41) is 20.8. The fourth-order valence-corrected chi connectivity index (χ4v) is 1.02. The molecular formula is C9H8NNaO4. The molecule has 0 fully saturated rings. The number of carbonyl (C=O) groups excluding carboxylic acids is 1. The standard InChI is InChI=1S/C9H9NO4.Na/c1-6(9(11)12)7-2-4-8(5-3-7)10(13)14;/h2-6H,1H3,(H,11,12);/q;+1/p-1/t6-;/m0./s1. The molecule has 1 rings (SSSR count). The van der Waals surface area contributed by atoms with E-state index in [2.05, 4.69) is 0 Å². The summed E-state index contributed by atoms with van der Waals surface area (Å²) in [4.78, 5) is 20.2. The van der Waals surface area contributed by atoms with Crippen molar-refractivity contribution in [2.75, 3.05) is 0 Å². The predicted octanol–water partition coefficient (Wildman–Crippen LogP) is -2.55. The zero-order valence-electron chi connectivity index (χ0n) is 8.47. The van der Waals surface area contributed by atoms with Crippen molar-refractivity contribution in [2.24, 2.45) is 0 Å². The number of nitrogens with zero attached hydrogens (tertiary/aromatic N) is 1. The maximum Gasteiger partial charge on any atom is 1.00 e. The molecule has 0 aliphatic heterocycles. The molecule has 1 aromatic rings. The first-order valence-corrected chi connectivity index (χ1v) is 3.97. The van der Waals surface area contributed by atoms with Crippen LogP contribution in [0.5, 0.6) is 0 Å². The number of aliphatic carboxylic acids is 1. The molecule has 0 bridgehead atoms.